The van der Waals surface area contributed by atoms with Gasteiger partial charge in [-0.1, -0.05) is 47.7 Å². The summed E-state index contributed by atoms with van der Waals surface area (Å²) in [5.41, 5.74) is 3.11. The minimum absolute atomic E-state index is 0.0266. The number of methoxy groups -OCH3 is 1. The number of hydrogen-bond donors (Lipinski definition) is 1. The van der Waals surface area contributed by atoms with Crippen LogP contribution in [-0.2, 0) is 11.2 Å². The van der Waals surface area contributed by atoms with Crippen molar-refractivity contribution in [1.29, 1.82) is 0 Å². The number of carbonyl (C=O) groups excluding carboxylic acids is 2. The summed E-state index contributed by atoms with van der Waals surface area (Å²) in [6, 6.07) is 17.8. The number of nitrogens with zero attached hydrogens (tertiary/aromatic N) is 2. The molecule has 1 amide bonds. The van der Waals surface area contributed by atoms with Gasteiger partial charge in [-0.3, -0.25) is 14.9 Å². The highest BCUT2D eigenvalue weighted by molar-refractivity contribution is 7.22. The third kappa shape index (κ3) is 4.70. The average Bonchev–Trinajstić information content (AvgIpc) is 3.15. The van der Waals surface area contributed by atoms with Gasteiger partial charge in [-0.25, -0.2) is 9.97 Å². The molecule has 8 heteroatoms. The number of hydrogen-bond acceptors (Lipinski definition) is 7. The zero-order valence-corrected chi connectivity index (χ0v) is 17.7. The highest BCUT2D eigenvalue weighted by atomic mass is 32.1. The van der Waals surface area contributed by atoms with Crippen LogP contribution in [0.2, 0.25) is 0 Å². The van der Waals surface area contributed by atoms with Crippen molar-refractivity contribution in [2.45, 2.75) is 13.3 Å². The van der Waals surface area contributed by atoms with Crippen LogP contribution in [0, 0.1) is 0 Å². The smallest absolute Gasteiger partial charge is 0.308 e. The first-order valence-corrected chi connectivity index (χ1v) is 10.3. The SMILES string of the molecule is COc1ccnc(C(=O)Nc2nc3ccc(Cc4ccccc4)cc3s2)c1OC(C)=O. The Morgan fingerprint density at radius 1 is 1.06 bits per heavy atom. The zero-order valence-electron chi connectivity index (χ0n) is 16.9. The average molecular weight is 433 g/mol. The molecule has 0 unspecified atom stereocenters. The van der Waals surface area contributed by atoms with Crippen LogP contribution in [0.15, 0.2) is 60.8 Å². The predicted molar refractivity (Wildman–Crippen MR) is 119 cm³/mol. The maximum Gasteiger partial charge on any atom is 0.308 e. The molecule has 2 aromatic carbocycles. The number of esters is 1. The van der Waals surface area contributed by atoms with Crippen molar-refractivity contribution in [1.82, 2.24) is 9.97 Å². The maximum atomic E-state index is 12.8. The Hall–Kier alpha value is -3.78. The van der Waals surface area contributed by atoms with Crippen molar-refractivity contribution in [2.24, 2.45) is 0 Å². The fraction of sp³-hybridized carbons (Fsp3) is 0.130. The Kier molecular flexibility index (Phi) is 5.90. The summed E-state index contributed by atoms with van der Waals surface area (Å²) in [5, 5.41) is 3.17. The first kappa shape index (κ1) is 20.5. The molecule has 0 aliphatic heterocycles. The Morgan fingerprint density at radius 2 is 1.87 bits per heavy atom. The summed E-state index contributed by atoms with van der Waals surface area (Å²) in [4.78, 5) is 32.8. The monoisotopic (exact) mass is 433 g/mol. The molecule has 2 heterocycles. The molecule has 0 aliphatic rings. The molecule has 4 aromatic rings. The molecule has 0 bridgehead atoms. The maximum absolute atomic E-state index is 12.8. The summed E-state index contributed by atoms with van der Waals surface area (Å²) in [7, 11) is 1.42. The molecule has 4 rings (SSSR count). The van der Waals surface area contributed by atoms with Crippen molar-refractivity contribution in [3.63, 3.8) is 0 Å². The molecule has 1 N–H and O–H groups in total. The third-order valence-electron chi connectivity index (χ3n) is 4.47. The second-order valence-electron chi connectivity index (χ2n) is 6.72. The predicted octanol–water partition coefficient (Wildman–Crippen LogP) is 4.47. The van der Waals surface area contributed by atoms with Gasteiger partial charge in [0.05, 0.1) is 17.3 Å². The molecule has 0 radical (unpaired) electrons. The van der Waals surface area contributed by atoms with Gasteiger partial charge < -0.3 is 9.47 Å². The van der Waals surface area contributed by atoms with Gasteiger partial charge in [0.25, 0.3) is 5.91 Å². The largest absolute Gasteiger partial charge is 0.493 e. The van der Waals surface area contributed by atoms with E-state index in [-0.39, 0.29) is 17.2 Å². The molecule has 0 saturated heterocycles. The lowest BCUT2D eigenvalue weighted by Crippen LogP contribution is -2.17. The van der Waals surface area contributed by atoms with Crippen LogP contribution >= 0.6 is 11.3 Å². The fourth-order valence-corrected chi connectivity index (χ4v) is 4.04. The van der Waals surface area contributed by atoms with Crippen molar-refractivity contribution < 1.29 is 19.1 Å². The Balaban J connectivity index is 1.57. The lowest BCUT2D eigenvalue weighted by molar-refractivity contribution is -0.132. The number of ether oxygens (including phenoxy) is 2. The fourth-order valence-electron chi connectivity index (χ4n) is 3.12. The molecule has 0 aliphatic carbocycles. The van der Waals surface area contributed by atoms with Gasteiger partial charge in [-0.15, -0.1) is 0 Å². The number of anilines is 1. The van der Waals surface area contributed by atoms with Crippen LogP contribution in [0.4, 0.5) is 5.13 Å². The zero-order chi connectivity index (χ0) is 21.8. The van der Waals surface area contributed by atoms with Crippen LogP contribution in [0.1, 0.15) is 28.5 Å². The van der Waals surface area contributed by atoms with Crippen LogP contribution in [0.5, 0.6) is 11.5 Å². The Morgan fingerprint density at radius 3 is 2.61 bits per heavy atom. The molecule has 0 saturated carbocycles. The first-order valence-electron chi connectivity index (χ1n) is 9.49. The van der Waals surface area contributed by atoms with E-state index in [1.54, 1.807) is 0 Å². The summed E-state index contributed by atoms with van der Waals surface area (Å²) in [6.07, 6.45) is 2.23. The van der Waals surface area contributed by atoms with E-state index in [9.17, 15) is 9.59 Å². The quantitative estimate of drug-likeness (QED) is 0.451. The Bertz CT molecular complexity index is 1250. The van der Waals surface area contributed by atoms with Crippen molar-refractivity contribution in [2.75, 3.05) is 12.4 Å². The van der Waals surface area contributed by atoms with Crippen LogP contribution in [0.3, 0.4) is 0 Å². The van der Waals surface area contributed by atoms with Gasteiger partial charge in [0.1, 0.15) is 0 Å². The van der Waals surface area contributed by atoms with Gasteiger partial charge in [-0.2, -0.15) is 0 Å². The normalized spacial score (nSPS) is 10.6. The van der Waals surface area contributed by atoms with Gasteiger partial charge in [0, 0.05) is 19.2 Å². The molecule has 31 heavy (non-hydrogen) atoms. The molecule has 0 fully saturated rings. The highest BCUT2D eigenvalue weighted by Crippen LogP contribution is 2.32. The summed E-state index contributed by atoms with van der Waals surface area (Å²) < 4.78 is 11.3. The van der Waals surface area contributed by atoms with E-state index in [4.69, 9.17) is 9.47 Å². The van der Waals surface area contributed by atoms with Gasteiger partial charge in [-0.05, 0) is 29.7 Å². The number of nitrogens with one attached hydrogen (secondary N) is 1. The molecule has 7 nitrogen and oxygen atoms in total. The number of pyridine rings is 1. The Labute approximate surface area is 182 Å². The molecule has 2 aromatic heterocycles. The van der Waals surface area contributed by atoms with Crippen molar-refractivity contribution in [3.8, 4) is 11.5 Å². The second-order valence-corrected chi connectivity index (χ2v) is 7.75. The van der Waals surface area contributed by atoms with Gasteiger partial charge >= 0.3 is 5.97 Å². The summed E-state index contributed by atoms with van der Waals surface area (Å²) in [5.74, 6) is -0.906. The van der Waals surface area contributed by atoms with Gasteiger partial charge in [0.15, 0.2) is 16.6 Å². The van der Waals surface area contributed by atoms with E-state index >= 15 is 0 Å². The lowest BCUT2D eigenvalue weighted by Gasteiger charge is -2.11. The van der Waals surface area contributed by atoms with Crippen molar-refractivity contribution in [3.05, 3.63) is 77.6 Å². The number of fused-ring (bicyclic) bond motifs is 1. The van der Waals surface area contributed by atoms with E-state index in [0.29, 0.717) is 5.13 Å². The van der Waals surface area contributed by atoms with Gasteiger partial charge in [0.2, 0.25) is 5.75 Å². The van der Waals surface area contributed by atoms with E-state index < -0.39 is 11.9 Å². The molecule has 156 valence electrons. The summed E-state index contributed by atoms with van der Waals surface area (Å²) in [6.45, 7) is 1.24. The van der Waals surface area contributed by atoms with E-state index in [0.717, 1.165) is 22.2 Å². The molecular weight excluding hydrogens is 414 g/mol. The first-order chi connectivity index (χ1) is 15.0. The third-order valence-corrected chi connectivity index (χ3v) is 5.41. The van der Waals surface area contributed by atoms with E-state index in [2.05, 4.69) is 33.5 Å². The number of carbonyl (C=O) groups is 2. The number of thiazole rings is 1. The van der Waals surface area contributed by atoms with E-state index in [1.807, 2.05) is 30.3 Å². The highest BCUT2D eigenvalue weighted by Gasteiger charge is 2.21. The number of amides is 1. The minimum Gasteiger partial charge on any atom is -0.493 e. The van der Waals surface area contributed by atoms with Crippen LogP contribution in [-0.4, -0.2) is 29.0 Å². The topological polar surface area (TPSA) is 90.4 Å². The lowest BCUT2D eigenvalue weighted by atomic mass is 10.1. The molecule has 0 spiro atoms. The van der Waals surface area contributed by atoms with Crippen LogP contribution < -0.4 is 14.8 Å². The number of benzene rings is 2. The van der Waals surface area contributed by atoms with E-state index in [1.165, 1.54) is 43.2 Å². The van der Waals surface area contributed by atoms with Crippen molar-refractivity contribution >= 4 is 38.6 Å². The molecular formula is C23H19N3O4S. The second kappa shape index (κ2) is 8.93. The number of aromatic nitrogens is 2. The minimum atomic E-state index is -0.578. The standard InChI is InChI=1S/C23H19N3O4S/c1-14(27)30-21-18(29-2)10-11-24-20(21)22(28)26-23-25-17-9-8-16(13-19(17)31-23)12-15-6-4-3-5-7-15/h3-11,13H,12H2,1-2H3,(H,25,26,28). The number of rotatable bonds is 6. The molecule has 0 atom stereocenters. The van der Waals surface area contributed by atoms with Crippen LogP contribution in [0.25, 0.3) is 10.2 Å². The summed E-state index contributed by atoms with van der Waals surface area (Å²) >= 11 is 1.36.